The molecule has 0 saturated carbocycles. The second-order valence-corrected chi connectivity index (χ2v) is 8.60. The van der Waals surface area contributed by atoms with Crippen LogP contribution in [-0.2, 0) is 4.79 Å². The Morgan fingerprint density at radius 2 is 1.96 bits per heavy atom. The van der Waals surface area contributed by atoms with E-state index >= 15 is 0 Å². The molecule has 2 aromatic carbocycles. The van der Waals surface area contributed by atoms with Gasteiger partial charge in [-0.05, 0) is 48.6 Å². The van der Waals surface area contributed by atoms with Crippen molar-refractivity contribution in [2.24, 2.45) is 0 Å². The minimum absolute atomic E-state index is 0.0733. The smallest absolute Gasteiger partial charge is 0.230 e. The number of thioether (sulfide) groups is 1. The topological polar surface area (TPSA) is 56.2 Å². The van der Waals surface area contributed by atoms with Crippen molar-refractivity contribution in [3.63, 3.8) is 0 Å². The molecule has 1 aromatic heterocycles. The third-order valence-corrected chi connectivity index (χ3v) is 5.98. The molecule has 3 rings (SSSR count). The molecule has 9 heteroatoms. The molecule has 0 aliphatic rings. The lowest BCUT2D eigenvalue weighted by molar-refractivity contribution is -0.118. The molecule has 1 amide bonds. The maximum Gasteiger partial charge on any atom is 0.230 e. The summed E-state index contributed by atoms with van der Waals surface area (Å²) in [4.78, 5) is 12.0. The number of rotatable bonds is 8. The van der Waals surface area contributed by atoms with Gasteiger partial charge in [0.25, 0.3) is 0 Å². The van der Waals surface area contributed by atoms with E-state index in [2.05, 4.69) is 10.4 Å². The quantitative estimate of drug-likeness (QED) is 0.317. The highest BCUT2D eigenvalue weighted by atomic mass is 35.5. The fourth-order valence-electron chi connectivity index (χ4n) is 2.12. The van der Waals surface area contributed by atoms with E-state index in [1.165, 1.54) is 23.1 Å². The van der Waals surface area contributed by atoms with Crippen molar-refractivity contribution in [1.82, 2.24) is 15.1 Å². The van der Waals surface area contributed by atoms with E-state index in [-0.39, 0.29) is 11.7 Å². The van der Waals surface area contributed by atoms with Crippen molar-refractivity contribution in [3.8, 4) is 11.4 Å². The number of aromatic nitrogens is 2. The molecule has 1 heterocycles. The SMILES string of the molecule is O=C(CSc1nn(-c2ccc(Cl)cc2)c(=S)s1)NCCOc1ccccc1. The first-order valence-corrected chi connectivity index (χ1v) is 10.6. The van der Waals surface area contributed by atoms with Gasteiger partial charge in [0.05, 0.1) is 18.0 Å². The summed E-state index contributed by atoms with van der Waals surface area (Å²) in [5, 5.41) is 7.95. The van der Waals surface area contributed by atoms with E-state index in [1.807, 2.05) is 42.5 Å². The number of nitrogens with zero attached hydrogens (tertiary/aromatic N) is 2. The molecule has 5 nitrogen and oxygen atoms in total. The molecule has 0 saturated heterocycles. The summed E-state index contributed by atoms with van der Waals surface area (Å²) < 4.78 is 8.57. The fourth-order valence-corrected chi connectivity index (χ4v) is 4.44. The number of halogens is 1. The number of amides is 1. The van der Waals surface area contributed by atoms with Gasteiger partial charge >= 0.3 is 0 Å². The molecule has 0 aliphatic carbocycles. The summed E-state index contributed by atoms with van der Waals surface area (Å²) in [5.74, 6) is 0.985. The standard InChI is InChI=1S/C18H16ClN3O2S3/c19-13-6-8-14(9-7-13)22-18(25)27-17(21-22)26-12-16(23)20-10-11-24-15-4-2-1-3-5-15/h1-9H,10-12H2,(H,20,23). The monoisotopic (exact) mass is 437 g/mol. The van der Waals surface area contributed by atoms with Crippen molar-refractivity contribution in [3.05, 3.63) is 63.6 Å². The third kappa shape index (κ3) is 6.07. The Hall–Kier alpha value is -1.87. The van der Waals surface area contributed by atoms with Crippen molar-refractivity contribution >= 4 is 52.8 Å². The van der Waals surface area contributed by atoms with Crippen LogP contribution in [0.3, 0.4) is 0 Å². The lowest BCUT2D eigenvalue weighted by Gasteiger charge is -2.07. The summed E-state index contributed by atoms with van der Waals surface area (Å²) in [6, 6.07) is 16.8. The first-order chi connectivity index (χ1) is 13.1. The van der Waals surface area contributed by atoms with Gasteiger partial charge in [-0.25, -0.2) is 4.68 Å². The number of carbonyl (C=O) groups is 1. The maximum atomic E-state index is 12.0. The zero-order chi connectivity index (χ0) is 19.1. The second-order valence-electron chi connectivity index (χ2n) is 5.32. The molecule has 0 atom stereocenters. The largest absolute Gasteiger partial charge is 0.492 e. The highest BCUT2D eigenvalue weighted by Gasteiger charge is 2.09. The van der Waals surface area contributed by atoms with E-state index in [4.69, 9.17) is 28.6 Å². The van der Waals surface area contributed by atoms with Crippen LogP contribution >= 0.6 is 46.9 Å². The predicted molar refractivity (Wildman–Crippen MR) is 113 cm³/mol. The first-order valence-electron chi connectivity index (χ1n) is 8.05. The molecule has 0 aliphatic heterocycles. The molecule has 27 heavy (non-hydrogen) atoms. The normalized spacial score (nSPS) is 10.6. The minimum Gasteiger partial charge on any atom is -0.492 e. The van der Waals surface area contributed by atoms with Crippen LogP contribution in [0.2, 0.25) is 5.02 Å². The Bertz CT molecular complexity index is 942. The Morgan fingerprint density at radius 1 is 1.22 bits per heavy atom. The van der Waals surface area contributed by atoms with Gasteiger partial charge in [0.2, 0.25) is 5.91 Å². The van der Waals surface area contributed by atoms with Crippen LogP contribution in [0, 0.1) is 3.95 Å². The summed E-state index contributed by atoms with van der Waals surface area (Å²) >= 11 is 14.0. The van der Waals surface area contributed by atoms with Crippen LogP contribution in [-0.4, -0.2) is 34.6 Å². The Balaban J connectivity index is 1.44. The maximum absolute atomic E-state index is 12.0. The van der Waals surface area contributed by atoms with Crippen LogP contribution in [0.4, 0.5) is 0 Å². The van der Waals surface area contributed by atoms with Gasteiger partial charge in [-0.2, -0.15) is 0 Å². The third-order valence-electron chi connectivity index (χ3n) is 3.36. The Kier molecular flexibility index (Phi) is 7.28. The number of benzene rings is 2. The van der Waals surface area contributed by atoms with Gasteiger partial charge in [-0.15, -0.1) is 5.10 Å². The van der Waals surface area contributed by atoms with E-state index in [1.54, 1.807) is 16.8 Å². The molecule has 0 spiro atoms. The van der Waals surface area contributed by atoms with Crippen LogP contribution < -0.4 is 10.1 Å². The minimum atomic E-state index is -0.0733. The zero-order valence-corrected chi connectivity index (χ0v) is 17.3. The van der Waals surface area contributed by atoms with Gasteiger partial charge in [-0.3, -0.25) is 4.79 Å². The molecule has 0 unspecified atom stereocenters. The Morgan fingerprint density at radius 3 is 2.70 bits per heavy atom. The van der Waals surface area contributed by atoms with Gasteiger partial charge in [0.15, 0.2) is 8.29 Å². The number of carbonyl (C=O) groups excluding carboxylic acids is 1. The molecule has 0 radical (unpaired) electrons. The molecule has 0 fully saturated rings. The summed E-state index contributed by atoms with van der Waals surface area (Å²) in [6.45, 7) is 0.869. The predicted octanol–water partition coefficient (Wildman–Crippen LogP) is 4.60. The highest BCUT2D eigenvalue weighted by molar-refractivity contribution is 8.01. The van der Waals surface area contributed by atoms with E-state index < -0.39 is 0 Å². The number of para-hydroxylation sites is 1. The van der Waals surface area contributed by atoms with Crippen LogP contribution in [0.25, 0.3) is 5.69 Å². The lowest BCUT2D eigenvalue weighted by atomic mass is 10.3. The van der Waals surface area contributed by atoms with Crippen LogP contribution in [0.15, 0.2) is 58.9 Å². The molecule has 3 aromatic rings. The molecule has 1 N–H and O–H groups in total. The summed E-state index contributed by atoms with van der Waals surface area (Å²) in [5.41, 5.74) is 0.843. The summed E-state index contributed by atoms with van der Waals surface area (Å²) in [6.07, 6.45) is 0. The van der Waals surface area contributed by atoms with Crippen molar-refractivity contribution in [1.29, 1.82) is 0 Å². The van der Waals surface area contributed by atoms with E-state index in [0.29, 0.717) is 22.1 Å². The molecule has 0 bridgehead atoms. The van der Waals surface area contributed by atoms with Crippen molar-refractivity contribution < 1.29 is 9.53 Å². The highest BCUT2D eigenvalue weighted by Crippen LogP contribution is 2.24. The van der Waals surface area contributed by atoms with E-state index in [9.17, 15) is 4.79 Å². The first kappa shape index (κ1) is 19.9. The number of hydrogen-bond acceptors (Lipinski definition) is 6. The van der Waals surface area contributed by atoms with E-state index in [0.717, 1.165) is 15.8 Å². The average Bonchev–Trinajstić information content (AvgIpc) is 3.06. The van der Waals surface area contributed by atoms with Gasteiger partial charge in [0, 0.05) is 5.02 Å². The van der Waals surface area contributed by atoms with Crippen molar-refractivity contribution in [2.45, 2.75) is 4.34 Å². The van der Waals surface area contributed by atoms with Gasteiger partial charge < -0.3 is 10.1 Å². The fraction of sp³-hybridized carbons (Fsp3) is 0.167. The average molecular weight is 438 g/mol. The molecular weight excluding hydrogens is 422 g/mol. The zero-order valence-electron chi connectivity index (χ0n) is 14.1. The number of hydrogen-bond donors (Lipinski definition) is 1. The van der Waals surface area contributed by atoms with Gasteiger partial charge in [-0.1, -0.05) is 52.9 Å². The van der Waals surface area contributed by atoms with Crippen LogP contribution in [0.1, 0.15) is 0 Å². The molecular formula is C18H16ClN3O2S3. The summed E-state index contributed by atoms with van der Waals surface area (Å²) in [7, 11) is 0. The number of ether oxygens (including phenoxy) is 1. The second kappa shape index (κ2) is 9.89. The number of nitrogens with one attached hydrogen (secondary N) is 1. The molecule has 140 valence electrons. The Labute approximate surface area is 175 Å². The van der Waals surface area contributed by atoms with Crippen LogP contribution in [0.5, 0.6) is 5.75 Å². The van der Waals surface area contributed by atoms with Gasteiger partial charge in [0.1, 0.15) is 12.4 Å². The van der Waals surface area contributed by atoms with Crippen molar-refractivity contribution in [2.75, 3.05) is 18.9 Å². The lowest BCUT2D eigenvalue weighted by Crippen LogP contribution is -2.29.